The Morgan fingerprint density at radius 3 is 2.62 bits per heavy atom. The van der Waals surface area contributed by atoms with Crippen LogP contribution < -0.4 is 10.1 Å². The Bertz CT molecular complexity index is 765. The van der Waals surface area contributed by atoms with Crippen molar-refractivity contribution < 1.29 is 4.74 Å². The lowest BCUT2D eigenvalue weighted by Crippen LogP contribution is -2.03. The fourth-order valence-corrected chi connectivity index (χ4v) is 2.87. The highest BCUT2D eigenvalue weighted by molar-refractivity contribution is 7.98. The Morgan fingerprint density at radius 1 is 1.00 bits per heavy atom. The predicted octanol–water partition coefficient (Wildman–Crippen LogP) is 3.78. The van der Waals surface area contributed by atoms with Gasteiger partial charge in [-0.25, -0.2) is 9.97 Å². The molecule has 6 heteroatoms. The van der Waals surface area contributed by atoms with Crippen molar-refractivity contribution in [2.45, 2.75) is 17.3 Å². The number of hydrogen-bond acceptors (Lipinski definition) is 6. The molecule has 0 spiro atoms. The average Bonchev–Trinajstić information content (AvgIpc) is 2.66. The summed E-state index contributed by atoms with van der Waals surface area (Å²) in [5.74, 6) is 2.24. The molecule has 0 atom stereocenters. The van der Waals surface area contributed by atoms with E-state index in [1.807, 2.05) is 30.3 Å². The summed E-state index contributed by atoms with van der Waals surface area (Å²) in [6, 6.07) is 14.1. The fourth-order valence-electron chi connectivity index (χ4n) is 2.06. The number of methoxy groups -OCH3 is 1. The summed E-state index contributed by atoms with van der Waals surface area (Å²) in [6.45, 7) is 0.637. The quantitative estimate of drug-likeness (QED) is 0.662. The molecule has 0 bridgehead atoms. The number of hydrogen-bond donors (Lipinski definition) is 1. The highest BCUT2D eigenvalue weighted by Crippen LogP contribution is 2.21. The molecule has 122 valence electrons. The molecule has 2 aromatic heterocycles. The largest absolute Gasteiger partial charge is 0.481 e. The van der Waals surface area contributed by atoms with Gasteiger partial charge >= 0.3 is 0 Å². The van der Waals surface area contributed by atoms with Crippen molar-refractivity contribution in [3.63, 3.8) is 0 Å². The summed E-state index contributed by atoms with van der Waals surface area (Å²) >= 11 is 1.67. The van der Waals surface area contributed by atoms with Crippen LogP contribution in [0.5, 0.6) is 5.88 Å². The topological polar surface area (TPSA) is 59.9 Å². The number of anilines is 1. The average molecular weight is 338 g/mol. The van der Waals surface area contributed by atoms with Crippen LogP contribution in [0, 0.1) is 0 Å². The number of rotatable bonds is 7. The molecule has 5 nitrogen and oxygen atoms in total. The second-order valence-corrected chi connectivity index (χ2v) is 6.07. The highest BCUT2D eigenvalue weighted by Gasteiger charge is 2.02. The Hall–Kier alpha value is -2.60. The van der Waals surface area contributed by atoms with Gasteiger partial charge in [0.2, 0.25) is 5.88 Å². The van der Waals surface area contributed by atoms with Crippen LogP contribution in [0.1, 0.15) is 11.1 Å². The van der Waals surface area contributed by atoms with Gasteiger partial charge in [-0.2, -0.15) is 0 Å². The lowest BCUT2D eigenvalue weighted by atomic mass is 10.2. The number of nitrogens with one attached hydrogen (secondary N) is 1. The van der Waals surface area contributed by atoms with Crippen molar-refractivity contribution in [1.29, 1.82) is 0 Å². The van der Waals surface area contributed by atoms with Gasteiger partial charge in [-0.3, -0.25) is 4.98 Å². The van der Waals surface area contributed by atoms with Crippen molar-refractivity contribution in [3.05, 3.63) is 72.2 Å². The normalized spacial score (nSPS) is 10.4. The van der Waals surface area contributed by atoms with Gasteiger partial charge in [-0.05, 0) is 11.1 Å². The first-order chi connectivity index (χ1) is 11.8. The number of aromatic nitrogens is 3. The summed E-state index contributed by atoms with van der Waals surface area (Å²) in [4.78, 5) is 13.0. The van der Waals surface area contributed by atoms with Crippen LogP contribution in [-0.2, 0) is 12.3 Å². The molecular formula is C18H18N4OS. The number of benzene rings is 1. The minimum absolute atomic E-state index is 0.609. The fraction of sp³-hybridized carbons (Fsp3) is 0.167. The van der Waals surface area contributed by atoms with Crippen LogP contribution in [0.2, 0.25) is 0 Å². The number of nitrogens with zero attached hydrogens (tertiary/aromatic N) is 3. The molecule has 0 saturated heterocycles. The lowest BCUT2D eigenvalue weighted by molar-refractivity contribution is 0.397. The minimum Gasteiger partial charge on any atom is -0.481 e. The first kappa shape index (κ1) is 16.3. The van der Waals surface area contributed by atoms with Crippen LogP contribution >= 0.6 is 11.8 Å². The first-order valence-electron chi connectivity index (χ1n) is 7.55. The number of thioether (sulfide) groups is 1. The van der Waals surface area contributed by atoms with Gasteiger partial charge in [-0.15, -0.1) is 11.8 Å². The van der Waals surface area contributed by atoms with Crippen LogP contribution in [0.25, 0.3) is 0 Å². The van der Waals surface area contributed by atoms with Crippen molar-refractivity contribution in [1.82, 2.24) is 15.0 Å². The van der Waals surface area contributed by atoms with Crippen LogP contribution in [0.15, 0.2) is 66.1 Å². The van der Waals surface area contributed by atoms with Gasteiger partial charge in [0.1, 0.15) is 10.8 Å². The summed E-state index contributed by atoms with van der Waals surface area (Å²) in [5, 5.41) is 4.17. The van der Waals surface area contributed by atoms with Gasteiger partial charge in [0.05, 0.1) is 19.5 Å². The Morgan fingerprint density at radius 2 is 1.88 bits per heavy atom. The number of ether oxygens (including phenoxy) is 1. The molecule has 0 amide bonds. The SMILES string of the molecule is COc1ccc(CNc2cncc(SCc3ccccc3)n2)cn1. The zero-order valence-corrected chi connectivity index (χ0v) is 14.2. The van der Waals surface area contributed by atoms with E-state index >= 15 is 0 Å². The van der Waals surface area contributed by atoms with E-state index in [4.69, 9.17) is 4.74 Å². The third kappa shape index (κ3) is 4.70. The summed E-state index contributed by atoms with van der Waals surface area (Å²) in [5.41, 5.74) is 2.33. The summed E-state index contributed by atoms with van der Waals surface area (Å²) < 4.78 is 5.05. The Kier molecular flexibility index (Phi) is 5.63. The molecule has 0 fully saturated rings. The molecule has 0 unspecified atom stereocenters. The standard InChI is InChI=1S/C18H18N4OS/c1-23-17-8-7-15(10-21-17)9-20-16-11-19-12-18(22-16)24-13-14-5-3-2-4-6-14/h2-8,10-12H,9,13H2,1H3,(H,20,22). The van der Waals surface area contributed by atoms with E-state index in [1.165, 1.54) is 5.56 Å². The van der Waals surface area contributed by atoms with Gasteiger partial charge in [0.25, 0.3) is 0 Å². The molecule has 3 aromatic rings. The van der Waals surface area contributed by atoms with E-state index in [1.54, 1.807) is 37.5 Å². The number of pyridine rings is 1. The molecule has 3 rings (SSSR count). The van der Waals surface area contributed by atoms with Crippen molar-refractivity contribution in [2.24, 2.45) is 0 Å². The van der Waals surface area contributed by atoms with Crippen molar-refractivity contribution >= 4 is 17.6 Å². The van der Waals surface area contributed by atoms with Crippen LogP contribution in [0.3, 0.4) is 0 Å². The molecule has 0 aliphatic carbocycles. The minimum atomic E-state index is 0.609. The second-order valence-electron chi connectivity index (χ2n) is 5.08. The van der Waals surface area contributed by atoms with Gasteiger partial charge in [0, 0.05) is 24.6 Å². The lowest BCUT2D eigenvalue weighted by Gasteiger charge is -2.07. The molecule has 24 heavy (non-hydrogen) atoms. The molecule has 0 saturated carbocycles. The maximum atomic E-state index is 5.05. The molecule has 1 N–H and O–H groups in total. The van der Waals surface area contributed by atoms with E-state index in [-0.39, 0.29) is 0 Å². The zero-order chi connectivity index (χ0) is 16.6. The van der Waals surface area contributed by atoms with Gasteiger partial charge in [0.15, 0.2) is 0 Å². The zero-order valence-electron chi connectivity index (χ0n) is 13.3. The van der Waals surface area contributed by atoms with Gasteiger partial charge < -0.3 is 10.1 Å². The molecule has 2 heterocycles. The van der Waals surface area contributed by atoms with E-state index in [0.717, 1.165) is 22.2 Å². The summed E-state index contributed by atoms with van der Waals surface area (Å²) in [6.07, 6.45) is 5.30. The molecule has 0 aliphatic heterocycles. The first-order valence-corrected chi connectivity index (χ1v) is 8.53. The van der Waals surface area contributed by atoms with Gasteiger partial charge in [-0.1, -0.05) is 36.4 Å². The van der Waals surface area contributed by atoms with Crippen LogP contribution in [0.4, 0.5) is 5.82 Å². The third-order valence-electron chi connectivity index (χ3n) is 3.32. The Labute approximate surface area is 145 Å². The van der Waals surface area contributed by atoms with E-state index in [9.17, 15) is 0 Å². The van der Waals surface area contributed by atoms with Crippen molar-refractivity contribution in [3.8, 4) is 5.88 Å². The van der Waals surface area contributed by atoms with E-state index in [0.29, 0.717) is 12.4 Å². The molecule has 0 aliphatic rings. The molecule has 1 aromatic carbocycles. The highest BCUT2D eigenvalue weighted by atomic mass is 32.2. The Balaban J connectivity index is 1.56. The smallest absolute Gasteiger partial charge is 0.212 e. The van der Waals surface area contributed by atoms with E-state index < -0.39 is 0 Å². The molecular weight excluding hydrogens is 320 g/mol. The maximum absolute atomic E-state index is 5.05. The second kappa shape index (κ2) is 8.31. The predicted molar refractivity (Wildman–Crippen MR) is 96.2 cm³/mol. The van der Waals surface area contributed by atoms with E-state index in [2.05, 4.69) is 32.4 Å². The summed E-state index contributed by atoms with van der Waals surface area (Å²) in [7, 11) is 1.61. The van der Waals surface area contributed by atoms with Crippen LogP contribution in [-0.4, -0.2) is 22.1 Å². The molecule has 0 radical (unpaired) electrons. The maximum Gasteiger partial charge on any atom is 0.212 e. The third-order valence-corrected chi connectivity index (χ3v) is 4.29. The van der Waals surface area contributed by atoms with Crippen molar-refractivity contribution in [2.75, 3.05) is 12.4 Å². The monoisotopic (exact) mass is 338 g/mol.